The van der Waals surface area contributed by atoms with Crippen molar-refractivity contribution in [1.29, 1.82) is 0 Å². The molecule has 1 N–H and O–H groups in total. The minimum Gasteiger partial charge on any atom is -0.386 e. The van der Waals surface area contributed by atoms with E-state index in [-0.39, 0.29) is 23.8 Å². The van der Waals surface area contributed by atoms with Crippen LogP contribution in [-0.4, -0.2) is 47.3 Å². The Hall–Kier alpha value is -0.610. The Morgan fingerprint density at radius 2 is 2.18 bits per heavy atom. The smallest absolute Gasteiger partial charge is 0.228 e. The van der Waals surface area contributed by atoms with Crippen molar-refractivity contribution in [3.8, 4) is 0 Å². The zero-order chi connectivity index (χ0) is 12.6. The van der Waals surface area contributed by atoms with Crippen LogP contribution in [-0.2, 0) is 9.53 Å². The van der Waals surface area contributed by atoms with Gasteiger partial charge >= 0.3 is 0 Å². The average Bonchev–Trinajstić information content (AvgIpc) is 2.71. The quantitative estimate of drug-likeness (QED) is 0.803. The van der Waals surface area contributed by atoms with Gasteiger partial charge < -0.3 is 14.7 Å². The lowest BCUT2D eigenvalue weighted by molar-refractivity contribution is -0.169. The van der Waals surface area contributed by atoms with Gasteiger partial charge in [0.1, 0.15) is 5.60 Å². The highest BCUT2D eigenvalue weighted by Crippen LogP contribution is 2.33. The maximum absolute atomic E-state index is 12.2. The molecule has 2 aliphatic rings. The fourth-order valence-electron chi connectivity index (χ4n) is 2.70. The molecule has 0 aromatic carbocycles. The number of ether oxygens (including phenoxy) is 1. The fraction of sp³-hybridized carbons (Fsp3) is 0.923. The second-order valence-electron chi connectivity index (χ2n) is 5.67. The first-order chi connectivity index (χ1) is 7.98. The van der Waals surface area contributed by atoms with Gasteiger partial charge in [-0.05, 0) is 18.8 Å². The van der Waals surface area contributed by atoms with Gasteiger partial charge in [0.2, 0.25) is 5.91 Å². The van der Waals surface area contributed by atoms with Crippen molar-refractivity contribution in [1.82, 2.24) is 4.90 Å². The number of carbonyl (C=O) groups excluding carboxylic acids is 1. The summed E-state index contributed by atoms with van der Waals surface area (Å²) in [5.41, 5.74) is -0.670. The molecule has 2 fully saturated rings. The van der Waals surface area contributed by atoms with Crippen molar-refractivity contribution in [3.63, 3.8) is 0 Å². The lowest BCUT2D eigenvalue weighted by atomic mass is 9.81. The van der Waals surface area contributed by atoms with Crippen molar-refractivity contribution in [3.05, 3.63) is 0 Å². The minimum atomic E-state index is -0.670. The van der Waals surface area contributed by atoms with Crippen LogP contribution in [0, 0.1) is 11.8 Å². The normalized spacial score (nSPS) is 31.7. The maximum atomic E-state index is 12.2. The molecule has 98 valence electrons. The van der Waals surface area contributed by atoms with Crippen LogP contribution in [0.5, 0.6) is 0 Å². The van der Waals surface area contributed by atoms with E-state index >= 15 is 0 Å². The van der Waals surface area contributed by atoms with Gasteiger partial charge in [-0.1, -0.05) is 20.8 Å². The zero-order valence-electron chi connectivity index (χ0n) is 11.0. The number of amides is 1. The third kappa shape index (κ3) is 2.20. The van der Waals surface area contributed by atoms with Crippen LogP contribution in [0.3, 0.4) is 0 Å². The number of hydrogen-bond donors (Lipinski definition) is 1. The highest BCUT2D eigenvalue weighted by molar-refractivity contribution is 5.80. The van der Waals surface area contributed by atoms with Crippen molar-refractivity contribution >= 4 is 5.91 Å². The lowest BCUT2D eigenvalue weighted by Gasteiger charge is -2.50. The predicted molar refractivity (Wildman–Crippen MR) is 64.5 cm³/mol. The number of β-amino-alcohol motifs (C(OH)–C–C–N with tert-alkyl or cyclic N) is 1. The summed E-state index contributed by atoms with van der Waals surface area (Å²) in [7, 11) is 0. The van der Waals surface area contributed by atoms with Crippen molar-refractivity contribution < 1.29 is 14.6 Å². The van der Waals surface area contributed by atoms with Gasteiger partial charge in [0.05, 0.1) is 25.1 Å². The van der Waals surface area contributed by atoms with Crippen LogP contribution in [0.15, 0.2) is 0 Å². The Morgan fingerprint density at radius 3 is 2.71 bits per heavy atom. The number of aliphatic hydroxyl groups is 1. The monoisotopic (exact) mass is 241 g/mol. The summed E-state index contributed by atoms with van der Waals surface area (Å²) in [6.45, 7) is 7.70. The fourth-order valence-corrected chi connectivity index (χ4v) is 2.70. The second-order valence-corrected chi connectivity index (χ2v) is 5.67. The molecule has 0 saturated carbocycles. The first kappa shape index (κ1) is 12.8. The van der Waals surface area contributed by atoms with Crippen LogP contribution in [0.2, 0.25) is 0 Å². The Kier molecular flexibility index (Phi) is 3.46. The molecule has 2 heterocycles. The third-order valence-corrected chi connectivity index (χ3v) is 4.24. The van der Waals surface area contributed by atoms with Crippen molar-refractivity contribution in [2.24, 2.45) is 11.8 Å². The standard InChI is InChI=1S/C13H23NO3/c1-4-11-10(5-6-17-11)12(15)14-7-13(16,8-14)9(2)3/h9-11,16H,4-8H2,1-3H3. The van der Waals surface area contributed by atoms with Gasteiger partial charge in [-0.2, -0.15) is 0 Å². The molecule has 2 atom stereocenters. The van der Waals surface area contributed by atoms with E-state index in [0.29, 0.717) is 19.7 Å². The summed E-state index contributed by atoms with van der Waals surface area (Å²) in [4.78, 5) is 14.0. The number of rotatable bonds is 3. The molecule has 0 aromatic rings. The largest absolute Gasteiger partial charge is 0.386 e. The van der Waals surface area contributed by atoms with E-state index < -0.39 is 5.60 Å². The molecule has 2 unspecified atom stereocenters. The number of carbonyl (C=O) groups is 1. The summed E-state index contributed by atoms with van der Waals surface area (Å²) in [5, 5.41) is 10.1. The highest BCUT2D eigenvalue weighted by Gasteiger charge is 2.48. The summed E-state index contributed by atoms with van der Waals surface area (Å²) in [6, 6.07) is 0. The number of hydrogen-bond acceptors (Lipinski definition) is 3. The Morgan fingerprint density at radius 1 is 1.53 bits per heavy atom. The van der Waals surface area contributed by atoms with E-state index in [0.717, 1.165) is 12.8 Å². The summed E-state index contributed by atoms with van der Waals surface area (Å²) < 4.78 is 5.54. The van der Waals surface area contributed by atoms with E-state index in [1.54, 1.807) is 4.90 Å². The second kappa shape index (κ2) is 4.58. The Bertz CT molecular complexity index is 297. The molecule has 1 amide bonds. The first-order valence-corrected chi connectivity index (χ1v) is 6.60. The SMILES string of the molecule is CCC1OCCC1C(=O)N1CC(O)(C(C)C)C1. The van der Waals surface area contributed by atoms with Crippen LogP contribution < -0.4 is 0 Å². The van der Waals surface area contributed by atoms with Gasteiger partial charge in [-0.15, -0.1) is 0 Å². The molecule has 2 saturated heterocycles. The van der Waals surface area contributed by atoms with E-state index in [4.69, 9.17) is 4.74 Å². The molecule has 0 radical (unpaired) electrons. The molecular formula is C13H23NO3. The van der Waals surface area contributed by atoms with E-state index in [9.17, 15) is 9.90 Å². The topological polar surface area (TPSA) is 49.8 Å². The minimum absolute atomic E-state index is 0.0108. The van der Waals surface area contributed by atoms with Gasteiger partial charge in [0.15, 0.2) is 0 Å². The van der Waals surface area contributed by atoms with Crippen LogP contribution >= 0.6 is 0 Å². The van der Waals surface area contributed by atoms with Gasteiger partial charge in [-0.3, -0.25) is 4.79 Å². The van der Waals surface area contributed by atoms with Crippen LogP contribution in [0.1, 0.15) is 33.6 Å². The van der Waals surface area contributed by atoms with Crippen LogP contribution in [0.4, 0.5) is 0 Å². The molecule has 4 heteroatoms. The van der Waals surface area contributed by atoms with E-state index in [2.05, 4.69) is 6.92 Å². The molecule has 0 bridgehead atoms. The molecule has 0 spiro atoms. The van der Waals surface area contributed by atoms with Crippen molar-refractivity contribution in [2.75, 3.05) is 19.7 Å². The first-order valence-electron chi connectivity index (χ1n) is 6.60. The highest BCUT2D eigenvalue weighted by atomic mass is 16.5. The zero-order valence-corrected chi connectivity index (χ0v) is 11.0. The molecule has 0 aliphatic carbocycles. The van der Waals surface area contributed by atoms with Gasteiger partial charge in [0, 0.05) is 6.61 Å². The average molecular weight is 241 g/mol. The number of likely N-dealkylation sites (tertiary alicyclic amines) is 1. The van der Waals surface area contributed by atoms with Crippen molar-refractivity contribution in [2.45, 2.75) is 45.3 Å². The van der Waals surface area contributed by atoms with Crippen LogP contribution in [0.25, 0.3) is 0 Å². The third-order valence-electron chi connectivity index (χ3n) is 4.24. The molecule has 4 nitrogen and oxygen atoms in total. The molecule has 2 rings (SSSR count). The number of nitrogens with zero attached hydrogens (tertiary/aromatic N) is 1. The Labute approximate surface area is 103 Å². The Balaban J connectivity index is 1.91. The van der Waals surface area contributed by atoms with E-state index in [1.807, 2.05) is 13.8 Å². The summed E-state index contributed by atoms with van der Waals surface area (Å²) >= 11 is 0. The molecular weight excluding hydrogens is 218 g/mol. The predicted octanol–water partition coefficient (Wildman–Crippen LogP) is 1.03. The summed E-state index contributed by atoms with van der Waals surface area (Å²) in [5.74, 6) is 0.379. The van der Waals surface area contributed by atoms with Gasteiger partial charge in [0.25, 0.3) is 0 Å². The summed E-state index contributed by atoms with van der Waals surface area (Å²) in [6.07, 6.45) is 1.79. The maximum Gasteiger partial charge on any atom is 0.228 e. The lowest BCUT2D eigenvalue weighted by Crippen LogP contribution is -2.67. The van der Waals surface area contributed by atoms with E-state index in [1.165, 1.54) is 0 Å². The molecule has 0 aromatic heterocycles. The van der Waals surface area contributed by atoms with Gasteiger partial charge in [-0.25, -0.2) is 0 Å². The molecule has 17 heavy (non-hydrogen) atoms. The molecule has 2 aliphatic heterocycles.